The fraction of sp³-hybridized carbons (Fsp3) is 0.393. The van der Waals surface area contributed by atoms with E-state index in [2.05, 4.69) is 10.2 Å². The number of carbonyl (C=O) groups excluding carboxylic acids is 3. The van der Waals surface area contributed by atoms with Gasteiger partial charge in [-0.25, -0.2) is 14.0 Å². The van der Waals surface area contributed by atoms with Crippen LogP contribution < -0.4 is 5.32 Å². The predicted molar refractivity (Wildman–Crippen MR) is 147 cm³/mol. The molecule has 2 aliphatic heterocycles. The van der Waals surface area contributed by atoms with Gasteiger partial charge in [0.05, 0.1) is 28.3 Å². The zero-order chi connectivity index (χ0) is 28.3. The topological polar surface area (TPSA) is 82.2 Å². The summed E-state index contributed by atoms with van der Waals surface area (Å²) in [7, 11) is 0. The van der Waals surface area contributed by atoms with E-state index in [0.717, 1.165) is 0 Å². The molecule has 11 heteroatoms. The highest BCUT2D eigenvalue weighted by Crippen LogP contribution is 2.35. The lowest BCUT2D eigenvalue weighted by molar-refractivity contribution is -0.139. The van der Waals surface area contributed by atoms with Gasteiger partial charge in [-0.05, 0) is 56.7 Å². The van der Waals surface area contributed by atoms with E-state index in [4.69, 9.17) is 27.9 Å². The Hall–Kier alpha value is -3.14. The third-order valence-electron chi connectivity index (χ3n) is 6.94. The summed E-state index contributed by atoms with van der Waals surface area (Å²) < 4.78 is 19.1. The first kappa shape index (κ1) is 28.9. The number of halogens is 3. The van der Waals surface area contributed by atoms with Gasteiger partial charge < -0.3 is 15.0 Å². The quantitative estimate of drug-likeness (QED) is 0.475. The summed E-state index contributed by atoms with van der Waals surface area (Å²) in [6.45, 7) is 7.69. The van der Waals surface area contributed by atoms with Crippen LogP contribution in [0.2, 0.25) is 10.0 Å². The lowest BCUT2D eigenvalue weighted by Gasteiger charge is -2.43. The second-order valence-corrected chi connectivity index (χ2v) is 10.3. The van der Waals surface area contributed by atoms with E-state index in [0.29, 0.717) is 65.2 Å². The minimum Gasteiger partial charge on any atom is -0.463 e. The third-order valence-corrected chi connectivity index (χ3v) is 7.68. The largest absolute Gasteiger partial charge is 0.463 e. The van der Waals surface area contributed by atoms with Crippen LogP contribution in [0.5, 0.6) is 0 Å². The summed E-state index contributed by atoms with van der Waals surface area (Å²) in [4.78, 5) is 44.9. The molecule has 2 aromatic carbocycles. The van der Waals surface area contributed by atoms with Crippen LogP contribution in [0.25, 0.3) is 0 Å². The average molecular weight is 577 g/mol. The van der Waals surface area contributed by atoms with Crippen LogP contribution in [0.3, 0.4) is 0 Å². The molecule has 1 N–H and O–H groups in total. The number of nitrogens with zero attached hydrogens (tertiary/aromatic N) is 3. The van der Waals surface area contributed by atoms with Gasteiger partial charge in [0.1, 0.15) is 5.82 Å². The Balaban J connectivity index is 1.64. The van der Waals surface area contributed by atoms with Crippen molar-refractivity contribution in [2.45, 2.75) is 32.9 Å². The van der Waals surface area contributed by atoms with Crippen molar-refractivity contribution in [3.63, 3.8) is 0 Å². The van der Waals surface area contributed by atoms with Gasteiger partial charge in [0.15, 0.2) is 0 Å². The maximum atomic E-state index is 13.7. The molecule has 39 heavy (non-hydrogen) atoms. The molecule has 2 atom stereocenters. The van der Waals surface area contributed by atoms with Crippen LogP contribution in [-0.4, -0.2) is 78.0 Å². The van der Waals surface area contributed by atoms with Gasteiger partial charge in [0.2, 0.25) is 0 Å². The zero-order valence-corrected chi connectivity index (χ0v) is 23.6. The van der Waals surface area contributed by atoms with Crippen LogP contribution in [0, 0.1) is 5.82 Å². The van der Waals surface area contributed by atoms with Crippen molar-refractivity contribution in [1.29, 1.82) is 0 Å². The lowest BCUT2D eigenvalue weighted by atomic mass is 9.94. The maximum Gasteiger partial charge on any atom is 0.338 e. The van der Waals surface area contributed by atoms with Gasteiger partial charge in [-0.2, -0.15) is 0 Å². The Morgan fingerprint density at radius 3 is 2.51 bits per heavy atom. The molecule has 8 nitrogen and oxygen atoms in total. The number of urea groups is 1. The normalized spacial score (nSPS) is 20.2. The molecule has 0 saturated carbocycles. The van der Waals surface area contributed by atoms with Gasteiger partial charge in [-0.1, -0.05) is 35.3 Å². The Morgan fingerprint density at radius 2 is 1.87 bits per heavy atom. The molecule has 2 heterocycles. The first-order valence-electron chi connectivity index (χ1n) is 12.9. The molecule has 0 spiro atoms. The molecular weight excluding hydrogens is 546 g/mol. The molecule has 2 unspecified atom stereocenters. The molecule has 0 radical (unpaired) electrons. The Labute approximate surface area is 237 Å². The van der Waals surface area contributed by atoms with Crippen LogP contribution in [-0.2, 0) is 9.53 Å². The Bertz CT molecular complexity index is 1300. The summed E-state index contributed by atoms with van der Waals surface area (Å²) in [6, 6.07) is 9.33. The highest BCUT2D eigenvalue weighted by atomic mass is 35.5. The van der Waals surface area contributed by atoms with E-state index < -0.39 is 17.8 Å². The minimum atomic E-state index is -0.780. The summed E-state index contributed by atoms with van der Waals surface area (Å²) in [5.74, 6) is -1.23. The van der Waals surface area contributed by atoms with Crippen molar-refractivity contribution in [3.05, 3.63) is 80.7 Å². The molecular formula is C28H31Cl2FN4O4. The van der Waals surface area contributed by atoms with E-state index in [1.807, 2.05) is 13.8 Å². The first-order chi connectivity index (χ1) is 18.6. The van der Waals surface area contributed by atoms with Crippen LogP contribution in [0.1, 0.15) is 42.7 Å². The van der Waals surface area contributed by atoms with E-state index in [1.54, 1.807) is 36.1 Å². The molecule has 2 aromatic rings. The van der Waals surface area contributed by atoms with Crippen molar-refractivity contribution >= 4 is 41.1 Å². The number of hydrogen-bond donors (Lipinski definition) is 1. The fourth-order valence-electron chi connectivity index (χ4n) is 5.08. The predicted octanol–water partition coefficient (Wildman–Crippen LogP) is 4.88. The molecule has 1 fully saturated rings. The smallest absolute Gasteiger partial charge is 0.338 e. The number of esters is 1. The van der Waals surface area contributed by atoms with E-state index >= 15 is 0 Å². The van der Waals surface area contributed by atoms with Crippen molar-refractivity contribution in [2.75, 3.05) is 39.3 Å². The molecule has 208 valence electrons. The monoisotopic (exact) mass is 576 g/mol. The van der Waals surface area contributed by atoms with Crippen LogP contribution in [0.15, 0.2) is 53.7 Å². The number of rotatable bonds is 7. The lowest BCUT2D eigenvalue weighted by Crippen LogP contribution is -2.56. The van der Waals surface area contributed by atoms with E-state index in [-0.39, 0.29) is 24.6 Å². The number of hydrogen-bond acceptors (Lipinski definition) is 5. The summed E-state index contributed by atoms with van der Waals surface area (Å²) in [5.41, 5.74) is 1.76. The zero-order valence-electron chi connectivity index (χ0n) is 22.0. The number of likely N-dealkylation sites (N-methyl/N-ethyl adjacent to an activating group) is 1. The molecule has 4 rings (SSSR count). The van der Waals surface area contributed by atoms with Crippen LogP contribution in [0.4, 0.5) is 9.18 Å². The Kier molecular flexibility index (Phi) is 9.15. The number of amides is 3. The number of nitrogens with one attached hydrogen (secondary N) is 1. The third kappa shape index (κ3) is 6.21. The first-order valence-corrected chi connectivity index (χ1v) is 13.6. The number of benzene rings is 2. The second kappa shape index (κ2) is 12.4. The van der Waals surface area contributed by atoms with Crippen molar-refractivity contribution in [1.82, 2.24) is 20.0 Å². The van der Waals surface area contributed by atoms with Gasteiger partial charge in [-0.3, -0.25) is 14.6 Å². The highest BCUT2D eigenvalue weighted by Gasteiger charge is 2.39. The Morgan fingerprint density at radius 1 is 1.10 bits per heavy atom. The average Bonchev–Trinajstić information content (AvgIpc) is 2.90. The van der Waals surface area contributed by atoms with E-state index in [9.17, 15) is 18.8 Å². The van der Waals surface area contributed by atoms with Crippen molar-refractivity contribution in [3.8, 4) is 0 Å². The maximum absolute atomic E-state index is 13.7. The summed E-state index contributed by atoms with van der Waals surface area (Å²) in [5, 5.41) is 3.58. The standard InChI is InChI=1S/C28H31Cl2FN4O4/c1-4-34-23(16-33-11-12-35(17(3)15-33)26(36)19-7-6-8-20(31)13-19)24(27(37)39-5-2)25(32-28(34)38)18-9-10-21(29)22(30)14-18/h6-10,13-14,17,25H,4-5,11-12,15-16H2,1-3H3,(H,32,38). The SMILES string of the molecule is CCOC(=O)C1=C(CN2CCN(C(=O)c3cccc(F)c3)C(C)C2)N(CC)C(=O)NC1c1ccc(Cl)c(Cl)c1. The van der Waals surface area contributed by atoms with Crippen LogP contribution >= 0.6 is 23.2 Å². The van der Waals surface area contributed by atoms with E-state index in [1.165, 1.54) is 23.1 Å². The summed E-state index contributed by atoms with van der Waals surface area (Å²) in [6.07, 6.45) is 0. The molecule has 2 aliphatic rings. The fourth-order valence-corrected chi connectivity index (χ4v) is 5.38. The van der Waals surface area contributed by atoms with Gasteiger partial charge in [0.25, 0.3) is 5.91 Å². The number of piperazine rings is 1. The minimum absolute atomic E-state index is 0.168. The molecule has 0 aliphatic carbocycles. The molecule has 0 bridgehead atoms. The number of carbonyl (C=O) groups is 3. The molecule has 3 amide bonds. The van der Waals surface area contributed by atoms with Gasteiger partial charge in [-0.15, -0.1) is 0 Å². The van der Waals surface area contributed by atoms with Crippen molar-refractivity contribution < 1.29 is 23.5 Å². The summed E-state index contributed by atoms with van der Waals surface area (Å²) >= 11 is 12.4. The number of ether oxygens (including phenoxy) is 1. The van der Waals surface area contributed by atoms with Gasteiger partial charge >= 0.3 is 12.0 Å². The van der Waals surface area contributed by atoms with Crippen molar-refractivity contribution in [2.24, 2.45) is 0 Å². The second-order valence-electron chi connectivity index (χ2n) is 9.47. The molecule has 1 saturated heterocycles. The highest BCUT2D eigenvalue weighted by molar-refractivity contribution is 6.42. The van der Waals surface area contributed by atoms with Gasteiger partial charge in [0, 0.05) is 50.0 Å². The molecule has 0 aromatic heterocycles.